The number of nitrogens with zero attached hydrogens (tertiary/aromatic N) is 2. The second kappa shape index (κ2) is 8.28. The molecule has 3 rings (SSSR count). The van der Waals surface area contributed by atoms with Crippen molar-refractivity contribution in [3.63, 3.8) is 0 Å². The van der Waals surface area contributed by atoms with Gasteiger partial charge in [0.05, 0.1) is 17.8 Å². The number of halogens is 3. The summed E-state index contributed by atoms with van der Waals surface area (Å²) in [5.74, 6) is 0.672. The molecule has 2 fully saturated rings. The molecule has 146 valence electrons. The molecule has 2 heterocycles. The van der Waals surface area contributed by atoms with E-state index in [1.54, 1.807) is 6.07 Å². The third-order valence-corrected chi connectivity index (χ3v) is 5.38. The van der Waals surface area contributed by atoms with E-state index in [2.05, 4.69) is 23.6 Å². The van der Waals surface area contributed by atoms with Crippen molar-refractivity contribution in [3.05, 3.63) is 35.4 Å². The van der Waals surface area contributed by atoms with Crippen molar-refractivity contribution >= 4 is 0 Å². The molecular weight excluding hydrogens is 341 g/mol. The minimum absolute atomic E-state index is 0.291. The van der Waals surface area contributed by atoms with Crippen LogP contribution in [0.4, 0.5) is 13.2 Å². The van der Waals surface area contributed by atoms with Crippen LogP contribution in [0.25, 0.3) is 0 Å². The van der Waals surface area contributed by atoms with Crippen LogP contribution in [-0.2, 0) is 17.5 Å². The van der Waals surface area contributed by atoms with E-state index in [4.69, 9.17) is 4.74 Å². The van der Waals surface area contributed by atoms with Gasteiger partial charge >= 0.3 is 6.18 Å². The molecule has 0 spiro atoms. The number of rotatable bonds is 4. The van der Waals surface area contributed by atoms with E-state index in [0.29, 0.717) is 24.7 Å². The Kier molecular flexibility index (Phi) is 6.25. The quantitative estimate of drug-likeness (QED) is 0.796. The van der Waals surface area contributed by atoms with E-state index >= 15 is 0 Å². The largest absolute Gasteiger partial charge is 0.416 e. The van der Waals surface area contributed by atoms with Gasteiger partial charge in [0.2, 0.25) is 0 Å². The lowest BCUT2D eigenvalue weighted by molar-refractivity contribution is -0.137. The maximum absolute atomic E-state index is 12.8. The first kappa shape index (κ1) is 19.6. The van der Waals surface area contributed by atoms with Gasteiger partial charge in [-0.1, -0.05) is 18.2 Å². The predicted molar refractivity (Wildman–Crippen MR) is 95.9 cm³/mol. The predicted octanol–water partition coefficient (Wildman–Crippen LogP) is 4.03. The fourth-order valence-corrected chi connectivity index (χ4v) is 4.23. The molecule has 1 aromatic rings. The maximum Gasteiger partial charge on any atom is 0.416 e. The van der Waals surface area contributed by atoms with Crippen LogP contribution in [0.3, 0.4) is 0 Å². The second-order valence-corrected chi connectivity index (χ2v) is 7.89. The smallest absolute Gasteiger partial charge is 0.373 e. The monoisotopic (exact) mass is 370 g/mol. The van der Waals surface area contributed by atoms with E-state index in [9.17, 15) is 13.2 Å². The standard InChI is InChI=1S/C20H29F3N2O/c1-15-11-25(12-16(2)26-15)13-17-6-8-24(9-7-17)14-18-4-3-5-19(10-18)20(21,22)23/h3-5,10,15-17H,6-9,11-14H2,1-2H3/t15-,16-/m1/s1. The summed E-state index contributed by atoms with van der Waals surface area (Å²) in [6.45, 7) is 9.86. The van der Waals surface area contributed by atoms with Crippen molar-refractivity contribution < 1.29 is 17.9 Å². The Morgan fingerprint density at radius 2 is 1.69 bits per heavy atom. The lowest BCUT2D eigenvalue weighted by atomic mass is 9.95. The first-order valence-corrected chi connectivity index (χ1v) is 9.56. The summed E-state index contributed by atoms with van der Waals surface area (Å²) in [7, 11) is 0. The van der Waals surface area contributed by atoms with Crippen molar-refractivity contribution in [3.8, 4) is 0 Å². The van der Waals surface area contributed by atoms with Crippen molar-refractivity contribution in [2.24, 2.45) is 5.92 Å². The average Bonchev–Trinajstić information content (AvgIpc) is 2.55. The maximum atomic E-state index is 12.8. The second-order valence-electron chi connectivity index (χ2n) is 7.89. The highest BCUT2D eigenvalue weighted by Crippen LogP contribution is 2.30. The summed E-state index contributed by atoms with van der Waals surface area (Å²) in [6, 6.07) is 5.71. The van der Waals surface area contributed by atoms with Gasteiger partial charge in [-0.15, -0.1) is 0 Å². The van der Waals surface area contributed by atoms with Crippen LogP contribution in [-0.4, -0.2) is 54.7 Å². The van der Waals surface area contributed by atoms with Gasteiger partial charge in [-0.05, 0) is 57.3 Å². The highest BCUT2D eigenvalue weighted by atomic mass is 19.4. The van der Waals surface area contributed by atoms with Gasteiger partial charge in [-0.25, -0.2) is 0 Å². The summed E-state index contributed by atoms with van der Waals surface area (Å²) < 4.78 is 44.3. The Morgan fingerprint density at radius 1 is 1.04 bits per heavy atom. The van der Waals surface area contributed by atoms with Gasteiger partial charge < -0.3 is 4.74 Å². The van der Waals surface area contributed by atoms with Crippen molar-refractivity contribution in [2.75, 3.05) is 32.7 Å². The van der Waals surface area contributed by atoms with E-state index in [-0.39, 0.29) is 0 Å². The number of hydrogen-bond acceptors (Lipinski definition) is 3. The molecule has 3 nitrogen and oxygen atoms in total. The zero-order valence-corrected chi connectivity index (χ0v) is 15.6. The molecule has 2 aliphatic rings. The van der Waals surface area contributed by atoms with Gasteiger partial charge in [-0.2, -0.15) is 13.2 Å². The molecule has 6 heteroatoms. The highest BCUT2D eigenvalue weighted by molar-refractivity contribution is 5.25. The van der Waals surface area contributed by atoms with Gasteiger partial charge in [0, 0.05) is 26.2 Å². The van der Waals surface area contributed by atoms with Crippen LogP contribution >= 0.6 is 0 Å². The molecule has 2 atom stereocenters. The van der Waals surface area contributed by atoms with Crippen molar-refractivity contribution in [1.29, 1.82) is 0 Å². The minimum atomic E-state index is -4.27. The number of hydrogen-bond donors (Lipinski definition) is 0. The lowest BCUT2D eigenvalue weighted by Crippen LogP contribution is -2.48. The van der Waals surface area contributed by atoms with E-state index in [0.717, 1.165) is 57.2 Å². The molecule has 0 saturated carbocycles. The number of morpholine rings is 1. The van der Waals surface area contributed by atoms with Crippen LogP contribution in [0.5, 0.6) is 0 Å². The number of likely N-dealkylation sites (tertiary alicyclic amines) is 1. The third-order valence-electron chi connectivity index (χ3n) is 5.38. The van der Waals surface area contributed by atoms with Gasteiger partial charge in [-0.3, -0.25) is 9.80 Å². The Hall–Kier alpha value is -1.11. The number of ether oxygens (including phenoxy) is 1. The van der Waals surface area contributed by atoms with Crippen molar-refractivity contribution in [2.45, 2.75) is 51.6 Å². The van der Waals surface area contributed by atoms with E-state index < -0.39 is 11.7 Å². The molecule has 0 aliphatic carbocycles. The third kappa shape index (κ3) is 5.44. The normalized spacial score (nSPS) is 27.0. The first-order chi connectivity index (χ1) is 12.3. The molecule has 1 aromatic carbocycles. The SMILES string of the molecule is C[C@@H]1CN(CC2CCN(Cc3cccc(C(F)(F)F)c3)CC2)C[C@@H](C)O1. The van der Waals surface area contributed by atoms with E-state index in [1.165, 1.54) is 12.1 Å². The Bertz CT molecular complexity index is 575. The molecule has 0 bridgehead atoms. The summed E-state index contributed by atoms with van der Waals surface area (Å²) in [5.41, 5.74) is 0.189. The van der Waals surface area contributed by atoms with Crippen LogP contribution in [0.15, 0.2) is 24.3 Å². The first-order valence-electron chi connectivity index (χ1n) is 9.56. The Balaban J connectivity index is 1.47. The Labute approximate surface area is 154 Å². The number of alkyl halides is 3. The summed E-state index contributed by atoms with van der Waals surface area (Å²) in [6.07, 6.45) is -1.47. The van der Waals surface area contributed by atoms with Gasteiger partial charge in [0.25, 0.3) is 0 Å². The molecule has 0 radical (unpaired) electrons. The molecule has 0 unspecified atom stereocenters. The van der Waals surface area contributed by atoms with E-state index in [1.807, 2.05) is 0 Å². The molecule has 2 aliphatic heterocycles. The minimum Gasteiger partial charge on any atom is -0.373 e. The highest BCUT2D eigenvalue weighted by Gasteiger charge is 2.31. The fraction of sp³-hybridized carbons (Fsp3) is 0.700. The number of piperidine rings is 1. The van der Waals surface area contributed by atoms with Gasteiger partial charge in [0.1, 0.15) is 0 Å². The molecule has 0 amide bonds. The van der Waals surface area contributed by atoms with Crippen LogP contribution in [0.2, 0.25) is 0 Å². The summed E-state index contributed by atoms with van der Waals surface area (Å²) >= 11 is 0. The molecule has 26 heavy (non-hydrogen) atoms. The zero-order valence-electron chi connectivity index (χ0n) is 15.6. The molecule has 2 saturated heterocycles. The average molecular weight is 370 g/mol. The van der Waals surface area contributed by atoms with Crippen LogP contribution < -0.4 is 0 Å². The molecule has 0 aromatic heterocycles. The summed E-state index contributed by atoms with van der Waals surface area (Å²) in [5, 5.41) is 0. The number of benzene rings is 1. The van der Waals surface area contributed by atoms with Crippen LogP contribution in [0, 0.1) is 5.92 Å². The topological polar surface area (TPSA) is 15.7 Å². The summed E-state index contributed by atoms with van der Waals surface area (Å²) in [4.78, 5) is 4.78. The zero-order chi connectivity index (χ0) is 18.7. The molecule has 0 N–H and O–H groups in total. The van der Waals surface area contributed by atoms with Gasteiger partial charge in [0.15, 0.2) is 0 Å². The molecular formula is C20H29F3N2O. The fourth-order valence-electron chi connectivity index (χ4n) is 4.23. The lowest BCUT2D eigenvalue weighted by Gasteiger charge is -2.39. The Morgan fingerprint density at radius 3 is 2.31 bits per heavy atom. The van der Waals surface area contributed by atoms with Crippen molar-refractivity contribution in [1.82, 2.24) is 9.80 Å². The van der Waals surface area contributed by atoms with Crippen LogP contribution in [0.1, 0.15) is 37.8 Å².